The van der Waals surface area contributed by atoms with E-state index in [-0.39, 0.29) is 11.8 Å². The van der Waals surface area contributed by atoms with E-state index in [1.54, 1.807) is 19.4 Å². The van der Waals surface area contributed by atoms with Gasteiger partial charge in [0.05, 0.1) is 30.2 Å². The zero-order valence-electron chi connectivity index (χ0n) is 13.7. The van der Waals surface area contributed by atoms with Gasteiger partial charge in [-0.1, -0.05) is 0 Å². The van der Waals surface area contributed by atoms with Crippen molar-refractivity contribution in [2.45, 2.75) is 38.2 Å². The first-order valence-corrected chi connectivity index (χ1v) is 8.28. The van der Waals surface area contributed by atoms with Crippen molar-refractivity contribution in [1.82, 2.24) is 9.97 Å². The molecule has 0 unspecified atom stereocenters. The van der Waals surface area contributed by atoms with Crippen LogP contribution in [0, 0.1) is 11.8 Å². The molecule has 2 aromatic heterocycles. The highest BCUT2D eigenvalue weighted by Gasteiger charge is 2.30. The molecular formula is C18H22N2O4. The molecule has 1 fully saturated rings. The van der Waals surface area contributed by atoms with Crippen LogP contribution in [-0.4, -0.2) is 39.4 Å². The molecule has 2 heterocycles. The second-order valence-corrected chi connectivity index (χ2v) is 6.41. The maximum absolute atomic E-state index is 11.0. The Hall–Kier alpha value is -2.21. The van der Waals surface area contributed by atoms with E-state index >= 15 is 0 Å². The Balaban J connectivity index is 1.74. The van der Waals surface area contributed by atoms with Crippen molar-refractivity contribution in [3.63, 3.8) is 0 Å². The monoisotopic (exact) mass is 330 g/mol. The van der Waals surface area contributed by atoms with Crippen LogP contribution in [0.3, 0.4) is 0 Å². The van der Waals surface area contributed by atoms with E-state index < -0.39 is 12.1 Å². The number of pyridine rings is 2. The number of methoxy groups -OCH3 is 1. The number of rotatable bonds is 5. The lowest BCUT2D eigenvalue weighted by Gasteiger charge is -2.29. The highest BCUT2D eigenvalue weighted by atomic mass is 16.5. The maximum atomic E-state index is 11.0. The molecule has 24 heavy (non-hydrogen) atoms. The van der Waals surface area contributed by atoms with Crippen LogP contribution in [0.15, 0.2) is 24.4 Å². The van der Waals surface area contributed by atoms with E-state index in [9.17, 15) is 9.90 Å². The number of carboxylic acid groups (broad SMARTS) is 1. The molecule has 1 atom stereocenters. The van der Waals surface area contributed by atoms with Crippen LogP contribution in [0.2, 0.25) is 0 Å². The first-order chi connectivity index (χ1) is 11.6. The third kappa shape index (κ3) is 3.48. The molecule has 1 aliphatic rings. The maximum Gasteiger partial charge on any atom is 0.306 e. The normalized spacial score (nSPS) is 22.2. The molecular weight excluding hydrogens is 308 g/mol. The number of aromatic nitrogens is 2. The van der Waals surface area contributed by atoms with Gasteiger partial charge in [0.2, 0.25) is 5.88 Å². The number of ether oxygens (including phenoxy) is 1. The first kappa shape index (κ1) is 16.6. The Morgan fingerprint density at radius 3 is 2.71 bits per heavy atom. The molecule has 6 nitrogen and oxygen atoms in total. The van der Waals surface area contributed by atoms with Crippen molar-refractivity contribution >= 4 is 17.0 Å². The molecule has 2 N–H and O–H groups in total. The fraction of sp³-hybridized carbons (Fsp3) is 0.500. The fourth-order valence-corrected chi connectivity index (χ4v) is 3.48. The van der Waals surface area contributed by atoms with Gasteiger partial charge < -0.3 is 14.9 Å². The van der Waals surface area contributed by atoms with Crippen molar-refractivity contribution in [1.29, 1.82) is 0 Å². The van der Waals surface area contributed by atoms with Gasteiger partial charge in [0.15, 0.2) is 0 Å². The van der Waals surface area contributed by atoms with Crippen LogP contribution in [-0.2, 0) is 11.2 Å². The number of aliphatic carboxylic acids is 1. The minimum Gasteiger partial charge on any atom is -0.481 e. The van der Waals surface area contributed by atoms with Crippen molar-refractivity contribution in [3.8, 4) is 5.88 Å². The number of nitrogens with zero attached hydrogens (tertiary/aromatic N) is 2. The molecule has 1 saturated carbocycles. The molecule has 0 radical (unpaired) electrons. The summed E-state index contributed by atoms with van der Waals surface area (Å²) in [5.41, 5.74) is 2.46. The smallest absolute Gasteiger partial charge is 0.306 e. The molecule has 1 aliphatic carbocycles. The SMILES string of the molecule is COc1ccc2nccc(C[C@H](O)[C@H]3CC[C@H](C(=O)O)CC3)c2n1. The van der Waals surface area contributed by atoms with Crippen LogP contribution in [0.1, 0.15) is 31.2 Å². The largest absolute Gasteiger partial charge is 0.481 e. The van der Waals surface area contributed by atoms with Gasteiger partial charge in [-0.05, 0) is 49.3 Å². The molecule has 0 aromatic carbocycles. The minimum absolute atomic E-state index is 0.134. The molecule has 0 spiro atoms. The summed E-state index contributed by atoms with van der Waals surface area (Å²) in [7, 11) is 1.57. The molecule has 3 rings (SSSR count). The number of aliphatic hydroxyl groups excluding tert-OH is 1. The van der Waals surface area contributed by atoms with Crippen LogP contribution in [0.4, 0.5) is 0 Å². The van der Waals surface area contributed by atoms with E-state index in [1.807, 2.05) is 12.1 Å². The minimum atomic E-state index is -0.723. The summed E-state index contributed by atoms with van der Waals surface area (Å²) in [5, 5.41) is 19.7. The summed E-state index contributed by atoms with van der Waals surface area (Å²) in [5.74, 6) is -0.330. The molecule has 0 bridgehead atoms. The highest BCUT2D eigenvalue weighted by molar-refractivity contribution is 5.78. The van der Waals surface area contributed by atoms with Gasteiger partial charge in [0.25, 0.3) is 0 Å². The Bertz CT molecular complexity index is 726. The Kier molecular flexibility index (Phi) is 4.94. The standard InChI is InChI=1S/C18H22N2O4/c1-24-16-7-6-14-17(20-16)13(8-9-19-14)10-15(21)11-2-4-12(5-3-11)18(22)23/h6-9,11-12,15,21H,2-5,10H2,1H3,(H,22,23)/t11-,12-,15-/m0/s1. The van der Waals surface area contributed by atoms with Crippen molar-refractivity contribution in [3.05, 3.63) is 30.0 Å². The summed E-state index contributed by atoms with van der Waals surface area (Å²) in [6, 6.07) is 5.50. The zero-order valence-corrected chi connectivity index (χ0v) is 13.7. The van der Waals surface area contributed by atoms with Gasteiger partial charge in [0, 0.05) is 18.7 Å². The van der Waals surface area contributed by atoms with E-state index in [0.717, 1.165) is 29.4 Å². The average molecular weight is 330 g/mol. The number of carboxylic acids is 1. The lowest BCUT2D eigenvalue weighted by molar-refractivity contribution is -0.143. The molecule has 128 valence electrons. The Morgan fingerprint density at radius 1 is 1.29 bits per heavy atom. The van der Waals surface area contributed by atoms with Gasteiger partial charge in [0.1, 0.15) is 0 Å². The lowest BCUT2D eigenvalue weighted by atomic mass is 9.78. The topological polar surface area (TPSA) is 92.5 Å². The van der Waals surface area contributed by atoms with Crippen LogP contribution >= 0.6 is 0 Å². The van der Waals surface area contributed by atoms with E-state index in [0.29, 0.717) is 25.1 Å². The van der Waals surface area contributed by atoms with Crippen molar-refractivity contribution in [2.75, 3.05) is 7.11 Å². The molecule has 0 saturated heterocycles. The number of aliphatic hydroxyl groups is 1. The third-order valence-corrected chi connectivity index (χ3v) is 4.95. The highest BCUT2D eigenvalue weighted by Crippen LogP contribution is 2.32. The Labute approximate surface area is 140 Å². The van der Waals surface area contributed by atoms with Crippen molar-refractivity contribution in [2.24, 2.45) is 11.8 Å². The molecule has 6 heteroatoms. The van der Waals surface area contributed by atoms with Crippen LogP contribution in [0.25, 0.3) is 11.0 Å². The fourth-order valence-electron chi connectivity index (χ4n) is 3.48. The molecule has 0 amide bonds. The predicted molar refractivity (Wildman–Crippen MR) is 88.9 cm³/mol. The van der Waals surface area contributed by atoms with E-state index in [1.165, 1.54) is 0 Å². The summed E-state index contributed by atoms with van der Waals surface area (Å²) < 4.78 is 5.18. The number of carbonyl (C=O) groups is 1. The van der Waals surface area contributed by atoms with Gasteiger partial charge in [-0.3, -0.25) is 9.78 Å². The van der Waals surface area contributed by atoms with Crippen LogP contribution in [0.5, 0.6) is 5.88 Å². The zero-order chi connectivity index (χ0) is 17.1. The number of hydrogen-bond donors (Lipinski definition) is 2. The molecule has 0 aliphatic heterocycles. The molecule has 2 aromatic rings. The summed E-state index contributed by atoms with van der Waals surface area (Å²) in [6.07, 6.45) is 4.48. The lowest BCUT2D eigenvalue weighted by Crippen LogP contribution is -2.30. The van der Waals surface area contributed by atoms with Crippen LogP contribution < -0.4 is 4.74 Å². The third-order valence-electron chi connectivity index (χ3n) is 4.95. The first-order valence-electron chi connectivity index (χ1n) is 8.28. The summed E-state index contributed by atoms with van der Waals surface area (Å²) in [6.45, 7) is 0. The predicted octanol–water partition coefficient (Wildman–Crippen LogP) is 2.43. The van der Waals surface area contributed by atoms with Gasteiger partial charge in [-0.15, -0.1) is 0 Å². The van der Waals surface area contributed by atoms with E-state index in [4.69, 9.17) is 9.84 Å². The van der Waals surface area contributed by atoms with Gasteiger partial charge in [-0.2, -0.15) is 0 Å². The summed E-state index contributed by atoms with van der Waals surface area (Å²) >= 11 is 0. The van der Waals surface area contributed by atoms with E-state index in [2.05, 4.69) is 9.97 Å². The Morgan fingerprint density at radius 2 is 2.04 bits per heavy atom. The number of fused-ring (bicyclic) bond motifs is 1. The number of hydrogen-bond acceptors (Lipinski definition) is 5. The second-order valence-electron chi connectivity index (χ2n) is 6.41. The quantitative estimate of drug-likeness (QED) is 0.875. The summed E-state index contributed by atoms with van der Waals surface area (Å²) in [4.78, 5) is 19.8. The van der Waals surface area contributed by atoms with Crippen molar-refractivity contribution < 1.29 is 19.7 Å². The average Bonchev–Trinajstić information content (AvgIpc) is 2.61. The van der Waals surface area contributed by atoms with Gasteiger partial charge in [-0.25, -0.2) is 4.98 Å². The van der Waals surface area contributed by atoms with Gasteiger partial charge >= 0.3 is 5.97 Å². The second kappa shape index (κ2) is 7.13.